The van der Waals surface area contributed by atoms with Gasteiger partial charge in [0.25, 0.3) is 0 Å². The smallest absolute Gasteiger partial charge is 0.0525 e. The van der Waals surface area contributed by atoms with E-state index in [1.54, 1.807) is 0 Å². The molecule has 92 valence electrons. The van der Waals surface area contributed by atoms with Crippen molar-refractivity contribution >= 4 is 22.5 Å². The molecule has 0 aliphatic heterocycles. The SMILES string of the molecule is CNCCCc1cn(C)c2c(C)c(Cl)ccc12. The number of benzene rings is 1. The number of hydrogen-bond donors (Lipinski definition) is 1. The Bertz CT molecular complexity index is 528. The summed E-state index contributed by atoms with van der Waals surface area (Å²) in [7, 11) is 4.08. The first-order valence-corrected chi connectivity index (χ1v) is 6.40. The molecule has 0 atom stereocenters. The van der Waals surface area contributed by atoms with Gasteiger partial charge < -0.3 is 9.88 Å². The van der Waals surface area contributed by atoms with Crippen LogP contribution in [0.3, 0.4) is 0 Å². The Morgan fingerprint density at radius 1 is 1.35 bits per heavy atom. The molecular weight excluding hydrogens is 232 g/mol. The number of nitrogens with one attached hydrogen (secondary N) is 1. The number of halogens is 1. The zero-order valence-corrected chi connectivity index (χ0v) is 11.4. The number of hydrogen-bond acceptors (Lipinski definition) is 1. The molecular formula is C14H19ClN2. The van der Waals surface area contributed by atoms with Crippen LogP contribution in [0, 0.1) is 6.92 Å². The lowest BCUT2D eigenvalue weighted by molar-refractivity contribution is 0.725. The van der Waals surface area contributed by atoms with Crippen LogP contribution in [0.15, 0.2) is 18.3 Å². The zero-order chi connectivity index (χ0) is 12.4. The van der Waals surface area contributed by atoms with Crippen molar-refractivity contribution in [3.63, 3.8) is 0 Å². The highest BCUT2D eigenvalue weighted by atomic mass is 35.5. The highest BCUT2D eigenvalue weighted by Gasteiger charge is 2.10. The van der Waals surface area contributed by atoms with Crippen LogP contribution >= 0.6 is 11.6 Å². The van der Waals surface area contributed by atoms with Crippen LogP contribution in [0.4, 0.5) is 0 Å². The van der Waals surface area contributed by atoms with Gasteiger partial charge in [0.2, 0.25) is 0 Å². The minimum atomic E-state index is 0.848. The van der Waals surface area contributed by atoms with Gasteiger partial charge in [0.1, 0.15) is 0 Å². The molecule has 0 saturated carbocycles. The summed E-state index contributed by atoms with van der Waals surface area (Å²) in [6, 6.07) is 4.14. The normalized spacial score (nSPS) is 11.3. The van der Waals surface area contributed by atoms with Crippen molar-refractivity contribution in [3.05, 3.63) is 34.5 Å². The second-order valence-corrected chi connectivity index (χ2v) is 4.95. The van der Waals surface area contributed by atoms with Gasteiger partial charge >= 0.3 is 0 Å². The Labute approximate surface area is 108 Å². The molecule has 1 heterocycles. The molecule has 0 unspecified atom stereocenters. The average Bonchev–Trinajstić information content (AvgIpc) is 2.62. The van der Waals surface area contributed by atoms with Gasteiger partial charge in [-0.1, -0.05) is 17.7 Å². The largest absolute Gasteiger partial charge is 0.350 e. The van der Waals surface area contributed by atoms with Crippen LogP contribution in [0.2, 0.25) is 5.02 Å². The molecule has 0 saturated heterocycles. The molecule has 1 aromatic carbocycles. The van der Waals surface area contributed by atoms with Crippen molar-refractivity contribution in [2.75, 3.05) is 13.6 Å². The van der Waals surface area contributed by atoms with Crippen LogP contribution in [0.5, 0.6) is 0 Å². The van der Waals surface area contributed by atoms with Crippen LogP contribution in [0.25, 0.3) is 10.9 Å². The number of aromatic nitrogens is 1. The van der Waals surface area contributed by atoms with E-state index in [-0.39, 0.29) is 0 Å². The standard InChI is InChI=1S/C14H19ClN2/c1-10-13(15)7-6-12-11(5-4-8-16-2)9-17(3)14(10)12/h6-7,9,16H,4-5,8H2,1-3H3. The summed E-state index contributed by atoms with van der Waals surface area (Å²) >= 11 is 6.17. The fraction of sp³-hybridized carbons (Fsp3) is 0.429. The average molecular weight is 251 g/mol. The molecule has 3 heteroatoms. The van der Waals surface area contributed by atoms with Gasteiger partial charge in [-0.15, -0.1) is 0 Å². The predicted octanol–water partition coefficient (Wildman–Crippen LogP) is 3.29. The summed E-state index contributed by atoms with van der Waals surface area (Å²) in [6.07, 6.45) is 4.50. The van der Waals surface area contributed by atoms with Gasteiger partial charge in [0.15, 0.2) is 0 Å². The molecule has 0 aliphatic rings. The third-order valence-corrected chi connectivity index (χ3v) is 3.70. The molecule has 17 heavy (non-hydrogen) atoms. The highest BCUT2D eigenvalue weighted by Crippen LogP contribution is 2.29. The zero-order valence-electron chi connectivity index (χ0n) is 10.7. The number of fused-ring (bicyclic) bond motifs is 1. The summed E-state index contributed by atoms with van der Waals surface area (Å²) in [5.41, 5.74) is 3.85. The summed E-state index contributed by atoms with van der Waals surface area (Å²) in [6.45, 7) is 3.14. The number of aryl methyl sites for hydroxylation is 3. The van der Waals surface area contributed by atoms with E-state index in [0.717, 1.165) is 24.4 Å². The summed E-state index contributed by atoms with van der Waals surface area (Å²) in [4.78, 5) is 0. The molecule has 1 aromatic heterocycles. The lowest BCUT2D eigenvalue weighted by Crippen LogP contribution is -2.08. The first-order valence-electron chi connectivity index (χ1n) is 6.02. The van der Waals surface area contributed by atoms with E-state index in [1.165, 1.54) is 22.0 Å². The molecule has 0 amide bonds. The minimum absolute atomic E-state index is 0.848. The quantitative estimate of drug-likeness (QED) is 0.824. The Hall–Kier alpha value is -0.990. The van der Waals surface area contributed by atoms with Gasteiger partial charge in [-0.05, 0) is 50.6 Å². The second kappa shape index (κ2) is 5.11. The van der Waals surface area contributed by atoms with Gasteiger partial charge in [-0.2, -0.15) is 0 Å². The minimum Gasteiger partial charge on any atom is -0.350 e. The van der Waals surface area contributed by atoms with Crippen LogP contribution < -0.4 is 5.32 Å². The maximum atomic E-state index is 6.17. The Kier molecular flexibility index (Phi) is 3.75. The Morgan fingerprint density at radius 3 is 2.82 bits per heavy atom. The third kappa shape index (κ3) is 2.33. The third-order valence-electron chi connectivity index (χ3n) is 3.29. The monoisotopic (exact) mass is 250 g/mol. The lowest BCUT2D eigenvalue weighted by Gasteiger charge is -2.03. The lowest BCUT2D eigenvalue weighted by atomic mass is 10.1. The summed E-state index contributed by atoms with van der Waals surface area (Å²) < 4.78 is 2.19. The van der Waals surface area contributed by atoms with E-state index in [1.807, 2.05) is 13.1 Å². The first kappa shape index (κ1) is 12.5. The van der Waals surface area contributed by atoms with Crippen molar-refractivity contribution in [1.82, 2.24) is 9.88 Å². The Morgan fingerprint density at radius 2 is 2.12 bits per heavy atom. The summed E-state index contributed by atoms with van der Waals surface area (Å²) in [5.74, 6) is 0. The van der Waals surface area contributed by atoms with E-state index >= 15 is 0 Å². The van der Waals surface area contributed by atoms with E-state index < -0.39 is 0 Å². The number of rotatable bonds is 4. The first-order chi connectivity index (χ1) is 8.15. The maximum Gasteiger partial charge on any atom is 0.0525 e. The molecule has 0 fully saturated rings. The van der Waals surface area contributed by atoms with Crippen LogP contribution in [-0.2, 0) is 13.5 Å². The van der Waals surface area contributed by atoms with Crippen molar-refractivity contribution in [1.29, 1.82) is 0 Å². The van der Waals surface area contributed by atoms with Crippen molar-refractivity contribution in [2.45, 2.75) is 19.8 Å². The van der Waals surface area contributed by atoms with Gasteiger partial charge in [0.05, 0.1) is 5.52 Å². The molecule has 1 N–H and O–H groups in total. The fourth-order valence-corrected chi connectivity index (χ4v) is 2.56. The molecule has 0 radical (unpaired) electrons. The highest BCUT2D eigenvalue weighted by molar-refractivity contribution is 6.32. The molecule has 0 aliphatic carbocycles. The Balaban J connectivity index is 2.42. The fourth-order valence-electron chi connectivity index (χ4n) is 2.41. The molecule has 2 rings (SSSR count). The molecule has 2 nitrogen and oxygen atoms in total. The summed E-state index contributed by atoms with van der Waals surface area (Å²) in [5, 5.41) is 5.37. The van der Waals surface area contributed by atoms with E-state index in [2.05, 4.69) is 36.1 Å². The predicted molar refractivity (Wildman–Crippen MR) is 74.9 cm³/mol. The maximum absolute atomic E-state index is 6.17. The van der Waals surface area contributed by atoms with E-state index in [9.17, 15) is 0 Å². The van der Waals surface area contributed by atoms with Gasteiger partial charge in [-0.3, -0.25) is 0 Å². The second-order valence-electron chi connectivity index (χ2n) is 4.54. The van der Waals surface area contributed by atoms with E-state index in [0.29, 0.717) is 0 Å². The van der Waals surface area contributed by atoms with E-state index in [4.69, 9.17) is 11.6 Å². The van der Waals surface area contributed by atoms with Gasteiger partial charge in [-0.25, -0.2) is 0 Å². The van der Waals surface area contributed by atoms with Crippen molar-refractivity contribution in [3.8, 4) is 0 Å². The van der Waals surface area contributed by atoms with Crippen molar-refractivity contribution in [2.24, 2.45) is 7.05 Å². The van der Waals surface area contributed by atoms with Crippen LogP contribution in [0.1, 0.15) is 17.5 Å². The van der Waals surface area contributed by atoms with Crippen molar-refractivity contribution < 1.29 is 0 Å². The molecule has 2 aromatic rings. The van der Waals surface area contributed by atoms with Crippen LogP contribution in [-0.4, -0.2) is 18.2 Å². The number of nitrogens with zero attached hydrogens (tertiary/aromatic N) is 1. The molecule has 0 bridgehead atoms. The molecule has 0 spiro atoms. The topological polar surface area (TPSA) is 17.0 Å². The van der Waals surface area contributed by atoms with Gasteiger partial charge in [0, 0.05) is 23.7 Å².